The number of halogens is 2. The molecule has 1 saturated heterocycles. The molecule has 4 heterocycles. The van der Waals surface area contributed by atoms with Crippen molar-refractivity contribution in [3.8, 4) is 16.9 Å². The van der Waals surface area contributed by atoms with Gasteiger partial charge in [0.15, 0.2) is 11.6 Å². The number of anilines is 1. The van der Waals surface area contributed by atoms with Gasteiger partial charge in [-0.25, -0.2) is 18.3 Å². The summed E-state index contributed by atoms with van der Waals surface area (Å²) in [5.74, 6) is -1.58. The van der Waals surface area contributed by atoms with E-state index in [0.717, 1.165) is 28.6 Å². The molecule has 2 amide bonds. The zero-order valence-corrected chi connectivity index (χ0v) is 23.1. The Balaban J connectivity index is 1.28. The number of aryl methyl sites for hydroxylation is 1. The summed E-state index contributed by atoms with van der Waals surface area (Å²) in [6.07, 6.45) is 3.60. The van der Waals surface area contributed by atoms with E-state index in [1.807, 2.05) is 55.9 Å². The van der Waals surface area contributed by atoms with Crippen molar-refractivity contribution in [3.05, 3.63) is 94.8 Å². The van der Waals surface area contributed by atoms with Crippen LogP contribution in [0.4, 0.5) is 19.4 Å². The lowest BCUT2D eigenvalue weighted by atomic mass is 9.94. The molecule has 3 aromatic heterocycles. The summed E-state index contributed by atoms with van der Waals surface area (Å²) in [6, 6.07) is 12.6. The Bertz CT molecular complexity index is 1670. The van der Waals surface area contributed by atoms with E-state index in [9.17, 15) is 13.6 Å². The number of para-hydroxylation sites is 1. The Labute approximate surface area is 238 Å². The van der Waals surface area contributed by atoms with E-state index >= 15 is 0 Å². The van der Waals surface area contributed by atoms with Crippen LogP contribution in [-0.4, -0.2) is 59.2 Å². The predicted octanol–water partition coefficient (Wildman–Crippen LogP) is 4.50. The van der Waals surface area contributed by atoms with Gasteiger partial charge in [-0.2, -0.15) is 10.2 Å². The van der Waals surface area contributed by atoms with Crippen molar-refractivity contribution in [2.75, 3.05) is 18.4 Å². The number of rotatable bonds is 7. The van der Waals surface area contributed by atoms with Gasteiger partial charge >= 0.3 is 6.03 Å². The molecular weight excluding hydrogens is 548 g/mol. The van der Waals surface area contributed by atoms with Crippen LogP contribution in [0.2, 0.25) is 0 Å². The molecule has 1 aliphatic rings. The first-order valence-electron chi connectivity index (χ1n) is 13.0. The van der Waals surface area contributed by atoms with Crippen LogP contribution in [0.3, 0.4) is 0 Å². The molecule has 2 N–H and O–H groups in total. The van der Waals surface area contributed by atoms with Crippen LogP contribution in [0.5, 0.6) is 0 Å². The number of carbonyl (C=O) groups excluding carboxylic acids is 1. The number of nitrogens with zero attached hydrogens (tertiary/aromatic N) is 7. The number of aromatic nitrogens is 6. The summed E-state index contributed by atoms with van der Waals surface area (Å²) >= 11 is 1.27. The molecule has 1 aliphatic heterocycles. The normalized spacial score (nSPS) is 17.2. The number of urea groups is 1. The second-order valence-corrected chi connectivity index (χ2v) is 10.7. The molecular formula is C28H27F2N9OS. The van der Waals surface area contributed by atoms with Crippen molar-refractivity contribution in [1.82, 2.24) is 39.4 Å². The molecule has 5 aromatic rings. The lowest BCUT2D eigenvalue weighted by Gasteiger charge is -2.21. The Morgan fingerprint density at radius 1 is 1.12 bits per heavy atom. The first kappa shape index (κ1) is 26.7. The lowest BCUT2D eigenvalue weighted by Crippen LogP contribution is -2.42. The standard InChI is InChI=1S/C28H27F2N9OS/c1-17-26(19-11-31-37(2)12-19)35-39(21-6-4-3-5-7-21)27(17)33-28(40)32-25-15-38(13-20-16-41-36-34-20)14-22(25)18-8-9-23(29)24(30)10-18/h3-12,16,22,25H,13-15H2,1-2H3,(H2,32,33,40)/t22-,25+/m0/s1. The Kier molecular flexibility index (Phi) is 7.28. The summed E-state index contributed by atoms with van der Waals surface area (Å²) in [5.41, 5.74) is 4.50. The Hall–Kier alpha value is -4.49. The van der Waals surface area contributed by atoms with Gasteiger partial charge in [-0.1, -0.05) is 28.8 Å². The van der Waals surface area contributed by atoms with Crippen LogP contribution in [0.15, 0.2) is 66.3 Å². The third-order valence-electron chi connectivity index (χ3n) is 7.21. The third-order valence-corrected chi connectivity index (χ3v) is 7.76. The monoisotopic (exact) mass is 575 g/mol. The molecule has 0 spiro atoms. The first-order chi connectivity index (χ1) is 19.9. The summed E-state index contributed by atoms with van der Waals surface area (Å²) in [5, 5.41) is 21.1. The molecule has 6 rings (SSSR count). The zero-order valence-electron chi connectivity index (χ0n) is 22.3. The molecule has 2 aromatic carbocycles. The second kappa shape index (κ2) is 11.2. The first-order valence-corrected chi connectivity index (χ1v) is 13.8. The van der Waals surface area contributed by atoms with Crippen LogP contribution < -0.4 is 10.6 Å². The molecule has 0 aliphatic carbocycles. The largest absolute Gasteiger partial charge is 0.333 e. The average Bonchev–Trinajstić information content (AvgIpc) is 3.76. The number of benzene rings is 2. The highest BCUT2D eigenvalue weighted by Crippen LogP contribution is 2.32. The van der Waals surface area contributed by atoms with E-state index in [1.165, 1.54) is 17.6 Å². The van der Waals surface area contributed by atoms with Crippen molar-refractivity contribution in [1.29, 1.82) is 0 Å². The molecule has 2 atom stereocenters. The molecule has 0 bridgehead atoms. The topological polar surface area (TPSA) is 106 Å². The van der Waals surface area contributed by atoms with Crippen LogP contribution in [-0.2, 0) is 13.6 Å². The fourth-order valence-electron chi connectivity index (χ4n) is 5.25. The minimum absolute atomic E-state index is 0.270. The summed E-state index contributed by atoms with van der Waals surface area (Å²) in [6.45, 7) is 3.45. The quantitative estimate of drug-likeness (QED) is 0.296. The van der Waals surface area contributed by atoms with Gasteiger partial charge in [-0.05, 0) is 48.3 Å². The number of carbonyl (C=O) groups is 1. The molecule has 0 radical (unpaired) electrons. The number of hydrogen-bond donors (Lipinski definition) is 2. The Morgan fingerprint density at radius 3 is 2.66 bits per heavy atom. The van der Waals surface area contributed by atoms with E-state index < -0.39 is 17.7 Å². The van der Waals surface area contributed by atoms with Crippen molar-refractivity contribution >= 4 is 23.4 Å². The van der Waals surface area contributed by atoms with Crippen molar-refractivity contribution in [2.24, 2.45) is 7.05 Å². The van der Waals surface area contributed by atoms with E-state index in [2.05, 4.69) is 30.2 Å². The van der Waals surface area contributed by atoms with Crippen molar-refractivity contribution in [2.45, 2.75) is 25.4 Å². The SMILES string of the molecule is Cc1c(-c2cnn(C)c2)nn(-c2ccccc2)c1NC(=O)N[C@@H]1CN(Cc2csnn2)C[C@H]1c1ccc(F)c(F)c1. The van der Waals surface area contributed by atoms with Gasteiger partial charge in [0.1, 0.15) is 11.5 Å². The minimum Gasteiger partial charge on any atom is -0.333 e. The summed E-state index contributed by atoms with van der Waals surface area (Å²) < 4.78 is 35.2. The second-order valence-electron chi connectivity index (χ2n) is 10.0. The Morgan fingerprint density at radius 2 is 1.95 bits per heavy atom. The maximum absolute atomic E-state index is 14.2. The summed E-state index contributed by atoms with van der Waals surface area (Å²) in [7, 11) is 1.83. The maximum atomic E-state index is 14.2. The molecule has 0 saturated carbocycles. The highest BCUT2D eigenvalue weighted by atomic mass is 32.1. The summed E-state index contributed by atoms with van der Waals surface area (Å²) in [4.78, 5) is 15.6. The predicted molar refractivity (Wildman–Crippen MR) is 151 cm³/mol. The van der Waals surface area contributed by atoms with Gasteiger partial charge in [0, 0.05) is 55.3 Å². The number of amides is 2. The average molecular weight is 576 g/mol. The van der Waals surface area contributed by atoms with Gasteiger partial charge in [0.25, 0.3) is 0 Å². The molecule has 13 heteroatoms. The third kappa shape index (κ3) is 5.58. The van der Waals surface area contributed by atoms with E-state index in [4.69, 9.17) is 5.10 Å². The van der Waals surface area contributed by atoms with Crippen molar-refractivity contribution < 1.29 is 13.6 Å². The fraction of sp³-hybridized carbons (Fsp3) is 0.250. The molecule has 1 fully saturated rings. The van der Waals surface area contributed by atoms with E-state index in [1.54, 1.807) is 21.6 Å². The minimum atomic E-state index is -0.918. The van der Waals surface area contributed by atoms with Crippen LogP contribution in [0, 0.1) is 18.6 Å². The van der Waals surface area contributed by atoms with Crippen LogP contribution >= 0.6 is 11.5 Å². The molecule has 41 heavy (non-hydrogen) atoms. The van der Waals surface area contributed by atoms with Gasteiger partial charge in [-0.3, -0.25) is 14.9 Å². The number of nitrogens with one attached hydrogen (secondary N) is 2. The van der Waals surface area contributed by atoms with E-state index in [-0.39, 0.29) is 12.0 Å². The zero-order chi connectivity index (χ0) is 28.5. The van der Waals surface area contributed by atoms with Gasteiger partial charge in [-0.15, -0.1) is 5.10 Å². The van der Waals surface area contributed by atoms with Crippen LogP contribution in [0.1, 0.15) is 22.7 Å². The van der Waals surface area contributed by atoms with Crippen LogP contribution in [0.25, 0.3) is 16.9 Å². The number of likely N-dealkylation sites (tertiary alicyclic amines) is 1. The smallest absolute Gasteiger partial charge is 0.320 e. The van der Waals surface area contributed by atoms with Crippen molar-refractivity contribution in [3.63, 3.8) is 0 Å². The van der Waals surface area contributed by atoms with Gasteiger partial charge < -0.3 is 5.32 Å². The number of hydrogen-bond acceptors (Lipinski definition) is 7. The molecule has 210 valence electrons. The fourth-order valence-corrected chi connectivity index (χ4v) is 5.69. The molecule has 10 nitrogen and oxygen atoms in total. The van der Waals surface area contributed by atoms with Gasteiger partial charge in [0.2, 0.25) is 0 Å². The van der Waals surface area contributed by atoms with E-state index in [0.29, 0.717) is 36.7 Å². The molecule has 0 unspecified atom stereocenters. The van der Waals surface area contributed by atoms with Gasteiger partial charge in [0.05, 0.1) is 23.6 Å². The highest BCUT2D eigenvalue weighted by Gasteiger charge is 2.36. The lowest BCUT2D eigenvalue weighted by molar-refractivity contribution is 0.246. The maximum Gasteiger partial charge on any atom is 0.320 e. The highest BCUT2D eigenvalue weighted by molar-refractivity contribution is 7.03.